The second kappa shape index (κ2) is 6.30. The van der Waals surface area contributed by atoms with Crippen LogP contribution in [0.5, 0.6) is 0 Å². The fraction of sp³-hybridized carbons (Fsp3) is 0.471. The molecule has 1 aliphatic heterocycles. The van der Waals surface area contributed by atoms with Gasteiger partial charge in [-0.1, -0.05) is 36.8 Å². The van der Waals surface area contributed by atoms with Crippen LogP contribution in [0.2, 0.25) is 0 Å². The van der Waals surface area contributed by atoms with Crippen LogP contribution in [0.3, 0.4) is 0 Å². The van der Waals surface area contributed by atoms with Gasteiger partial charge in [-0.05, 0) is 18.9 Å². The van der Waals surface area contributed by atoms with E-state index < -0.39 is 0 Å². The first-order valence-electron chi connectivity index (χ1n) is 7.89. The molecule has 2 heterocycles. The lowest BCUT2D eigenvalue weighted by Crippen LogP contribution is -2.30. The first kappa shape index (κ1) is 14.8. The predicted octanol–water partition coefficient (Wildman–Crippen LogP) is 2.17. The highest BCUT2D eigenvalue weighted by Crippen LogP contribution is 2.23. The van der Waals surface area contributed by atoms with E-state index in [1.807, 2.05) is 17.0 Å². The molecule has 5 heteroatoms. The summed E-state index contributed by atoms with van der Waals surface area (Å²) in [6, 6.07) is 8.50. The van der Waals surface area contributed by atoms with E-state index in [-0.39, 0.29) is 5.91 Å². The number of hydrogen-bond acceptors (Lipinski definition) is 3. The Kier molecular flexibility index (Phi) is 4.22. The first-order chi connectivity index (χ1) is 10.7. The Balaban J connectivity index is 1.62. The second-order valence-electron chi connectivity index (χ2n) is 5.95. The van der Waals surface area contributed by atoms with Gasteiger partial charge in [-0.2, -0.15) is 0 Å². The van der Waals surface area contributed by atoms with Crippen molar-refractivity contribution in [2.24, 2.45) is 0 Å². The van der Waals surface area contributed by atoms with Crippen molar-refractivity contribution < 1.29 is 4.79 Å². The number of benzene rings is 1. The minimum Gasteiger partial charge on any atom is -0.340 e. The quantitative estimate of drug-likeness (QED) is 0.869. The SMILES string of the molecule is CCc1nncn1C1CCN(C(=O)Cc2ccc(C)cc2)C1. The van der Waals surface area contributed by atoms with Crippen LogP contribution in [-0.2, 0) is 17.6 Å². The summed E-state index contributed by atoms with van der Waals surface area (Å²) in [5.74, 6) is 1.20. The molecule has 0 radical (unpaired) electrons. The predicted molar refractivity (Wildman–Crippen MR) is 84.5 cm³/mol. The average molecular weight is 298 g/mol. The summed E-state index contributed by atoms with van der Waals surface area (Å²) in [5, 5.41) is 8.13. The van der Waals surface area contributed by atoms with Crippen molar-refractivity contribution in [2.45, 2.75) is 39.2 Å². The van der Waals surface area contributed by atoms with E-state index >= 15 is 0 Å². The summed E-state index contributed by atoms with van der Waals surface area (Å²) in [6.45, 7) is 5.71. The number of amides is 1. The molecule has 0 saturated carbocycles. The number of hydrogen-bond donors (Lipinski definition) is 0. The Morgan fingerprint density at radius 1 is 1.32 bits per heavy atom. The largest absolute Gasteiger partial charge is 0.340 e. The van der Waals surface area contributed by atoms with Crippen molar-refractivity contribution in [1.82, 2.24) is 19.7 Å². The van der Waals surface area contributed by atoms with Gasteiger partial charge < -0.3 is 9.47 Å². The summed E-state index contributed by atoms with van der Waals surface area (Å²) < 4.78 is 2.12. The van der Waals surface area contributed by atoms with E-state index in [0.29, 0.717) is 12.5 Å². The van der Waals surface area contributed by atoms with E-state index in [0.717, 1.165) is 37.3 Å². The molecule has 3 rings (SSSR count). The number of aryl methyl sites for hydroxylation is 2. The average Bonchev–Trinajstić information content (AvgIpc) is 3.17. The molecule has 1 saturated heterocycles. The lowest BCUT2D eigenvalue weighted by molar-refractivity contribution is -0.129. The van der Waals surface area contributed by atoms with E-state index in [4.69, 9.17) is 0 Å². The number of nitrogens with zero attached hydrogens (tertiary/aromatic N) is 4. The molecule has 1 atom stereocenters. The molecule has 1 aliphatic rings. The van der Waals surface area contributed by atoms with Gasteiger partial charge in [0.2, 0.25) is 5.91 Å². The first-order valence-corrected chi connectivity index (χ1v) is 7.89. The minimum absolute atomic E-state index is 0.206. The molecular formula is C17H22N4O. The van der Waals surface area contributed by atoms with Crippen LogP contribution < -0.4 is 0 Å². The fourth-order valence-electron chi connectivity index (χ4n) is 3.01. The molecule has 1 unspecified atom stereocenters. The van der Waals surface area contributed by atoms with Crippen LogP contribution in [0.4, 0.5) is 0 Å². The van der Waals surface area contributed by atoms with Gasteiger partial charge >= 0.3 is 0 Å². The van der Waals surface area contributed by atoms with Crippen LogP contribution in [-0.4, -0.2) is 38.7 Å². The zero-order valence-corrected chi connectivity index (χ0v) is 13.2. The number of rotatable bonds is 4. The highest BCUT2D eigenvalue weighted by Gasteiger charge is 2.28. The monoisotopic (exact) mass is 298 g/mol. The van der Waals surface area contributed by atoms with Crippen LogP contribution in [0.15, 0.2) is 30.6 Å². The van der Waals surface area contributed by atoms with Crippen LogP contribution in [0.1, 0.15) is 36.3 Å². The van der Waals surface area contributed by atoms with Gasteiger partial charge in [-0.25, -0.2) is 0 Å². The maximum atomic E-state index is 12.5. The van der Waals surface area contributed by atoms with Gasteiger partial charge in [0.15, 0.2) is 0 Å². The van der Waals surface area contributed by atoms with Crippen LogP contribution in [0, 0.1) is 6.92 Å². The topological polar surface area (TPSA) is 51.0 Å². The van der Waals surface area contributed by atoms with Gasteiger partial charge in [-0.3, -0.25) is 4.79 Å². The Morgan fingerprint density at radius 3 is 2.82 bits per heavy atom. The maximum absolute atomic E-state index is 12.5. The summed E-state index contributed by atoms with van der Waals surface area (Å²) in [5.41, 5.74) is 2.30. The van der Waals surface area contributed by atoms with Gasteiger partial charge in [-0.15, -0.1) is 10.2 Å². The summed E-state index contributed by atoms with van der Waals surface area (Å²) in [4.78, 5) is 14.4. The number of likely N-dealkylation sites (tertiary alicyclic amines) is 1. The van der Waals surface area contributed by atoms with Crippen molar-refractivity contribution in [1.29, 1.82) is 0 Å². The number of aromatic nitrogens is 3. The van der Waals surface area contributed by atoms with Gasteiger partial charge in [0.05, 0.1) is 12.5 Å². The molecule has 22 heavy (non-hydrogen) atoms. The zero-order valence-electron chi connectivity index (χ0n) is 13.2. The number of carbonyl (C=O) groups excluding carboxylic acids is 1. The molecule has 1 aromatic carbocycles. The third-order valence-corrected chi connectivity index (χ3v) is 4.35. The smallest absolute Gasteiger partial charge is 0.227 e. The molecule has 5 nitrogen and oxygen atoms in total. The molecular weight excluding hydrogens is 276 g/mol. The third kappa shape index (κ3) is 3.03. The van der Waals surface area contributed by atoms with E-state index in [2.05, 4.69) is 40.7 Å². The number of carbonyl (C=O) groups is 1. The Morgan fingerprint density at radius 2 is 2.09 bits per heavy atom. The molecule has 2 aromatic rings. The second-order valence-corrected chi connectivity index (χ2v) is 5.95. The molecule has 0 spiro atoms. The Hall–Kier alpha value is -2.17. The van der Waals surface area contributed by atoms with Gasteiger partial charge in [0.25, 0.3) is 0 Å². The lowest BCUT2D eigenvalue weighted by atomic mass is 10.1. The lowest BCUT2D eigenvalue weighted by Gasteiger charge is -2.18. The van der Waals surface area contributed by atoms with E-state index in [1.165, 1.54) is 5.56 Å². The van der Waals surface area contributed by atoms with Crippen LogP contribution >= 0.6 is 0 Å². The van der Waals surface area contributed by atoms with Crippen molar-refractivity contribution in [3.8, 4) is 0 Å². The summed E-state index contributed by atoms with van der Waals surface area (Å²) >= 11 is 0. The molecule has 0 aliphatic carbocycles. The normalized spacial score (nSPS) is 17.9. The van der Waals surface area contributed by atoms with Crippen molar-refractivity contribution in [3.63, 3.8) is 0 Å². The van der Waals surface area contributed by atoms with Crippen molar-refractivity contribution >= 4 is 5.91 Å². The highest BCUT2D eigenvalue weighted by molar-refractivity contribution is 5.79. The third-order valence-electron chi connectivity index (χ3n) is 4.35. The standard InChI is InChI=1S/C17H22N4O/c1-3-16-19-18-12-21(16)15-8-9-20(11-15)17(22)10-14-6-4-13(2)5-7-14/h4-7,12,15H,3,8-11H2,1-2H3. The van der Waals surface area contributed by atoms with Crippen molar-refractivity contribution in [3.05, 3.63) is 47.5 Å². The Labute approximate surface area is 131 Å². The van der Waals surface area contributed by atoms with Gasteiger partial charge in [0.1, 0.15) is 12.2 Å². The van der Waals surface area contributed by atoms with Gasteiger partial charge in [0, 0.05) is 19.5 Å². The molecule has 0 N–H and O–H groups in total. The minimum atomic E-state index is 0.206. The fourth-order valence-corrected chi connectivity index (χ4v) is 3.01. The molecule has 116 valence electrons. The molecule has 0 bridgehead atoms. The molecule has 1 amide bonds. The summed E-state index contributed by atoms with van der Waals surface area (Å²) in [7, 11) is 0. The summed E-state index contributed by atoms with van der Waals surface area (Å²) in [6.07, 6.45) is 4.12. The Bertz CT molecular complexity index is 647. The molecule has 1 aromatic heterocycles. The van der Waals surface area contributed by atoms with Crippen LogP contribution in [0.25, 0.3) is 0 Å². The zero-order chi connectivity index (χ0) is 15.5. The molecule has 1 fully saturated rings. The van der Waals surface area contributed by atoms with Crippen molar-refractivity contribution in [2.75, 3.05) is 13.1 Å². The van der Waals surface area contributed by atoms with E-state index in [9.17, 15) is 4.79 Å². The highest BCUT2D eigenvalue weighted by atomic mass is 16.2. The maximum Gasteiger partial charge on any atom is 0.227 e. The van der Waals surface area contributed by atoms with E-state index in [1.54, 1.807) is 6.33 Å².